The summed E-state index contributed by atoms with van der Waals surface area (Å²) in [6.07, 6.45) is -0.422. The van der Waals surface area contributed by atoms with Crippen LogP contribution in [0.15, 0.2) is 22.7 Å². The fourth-order valence-electron chi connectivity index (χ4n) is 6.67. The minimum atomic E-state index is -2.82. The van der Waals surface area contributed by atoms with E-state index in [9.17, 15) is 44.7 Å². The van der Waals surface area contributed by atoms with Crippen molar-refractivity contribution in [1.29, 1.82) is 0 Å². The molecule has 214 valence electrons. The van der Waals surface area contributed by atoms with Crippen LogP contribution in [0.4, 0.5) is 10.1 Å². The minimum absolute atomic E-state index is 0.106. The van der Waals surface area contributed by atoms with Gasteiger partial charge in [0.15, 0.2) is 17.1 Å². The highest BCUT2D eigenvalue weighted by Gasteiger charge is 2.63. The van der Waals surface area contributed by atoms with E-state index in [0.29, 0.717) is 0 Å². The second kappa shape index (κ2) is 9.09. The van der Waals surface area contributed by atoms with Crippen molar-refractivity contribution in [2.45, 2.75) is 37.1 Å². The number of carbonyl (C=O) groups is 4. The van der Waals surface area contributed by atoms with Crippen LogP contribution in [0.2, 0.25) is 0 Å². The van der Waals surface area contributed by atoms with Crippen molar-refractivity contribution in [2.24, 2.45) is 17.6 Å². The van der Waals surface area contributed by atoms with Crippen molar-refractivity contribution in [3.8, 4) is 5.75 Å². The smallest absolute Gasteiger partial charge is 0.255 e. The Kier molecular flexibility index (Phi) is 6.30. The fourth-order valence-corrected chi connectivity index (χ4v) is 6.67. The first-order valence-electron chi connectivity index (χ1n) is 12.5. The molecule has 40 heavy (non-hydrogen) atoms. The molecular weight excluding hydrogens is 531 g/mol. The van der Waals surface area contributed by atoms with E-state index in [1.807, 2.05) is 0 Å². The van der Waals surface area contributed by atoms with Crippen LogP contribution in [0.5, 0.6) is 5.75 Å². The molecule has 13 nitrogen and oxygen atoms in total. The molecule has 1 aromatic rings. The Bertz CT molecular complexity index is 1470. The molecule has 4 aliphatic rings. The number of ketones is 2. The van der Waals surface area contributed by atoms with Gasteiger partial charge < -0.3 is 36.6 Å². The second-order valence-corrected chi connectivity index (χ2v) is 10.9. The minimum Gasteiger partial charge on any atom is -0.510 e. The molecule has 1 heterocycles. The first kappa shape index (κ1) is 27.7. The van der Waals surface area contributed by atoms with Crippen LogP contribution in [0.3, 0.4) is 0 Å². The number of hydrogen-bond acceptors (Lipinski definition) is 11. The maximum Gasteiger partial charge on any atom is 0.255 e. The number of aliphatic hydroxyl groups is 4. The van der Waals surface area contributed by atoms with Gasteiger partial charge in [-0.05, 0) is 39.9 Å². The summed E-state index contributed by atoms with van der Waals surface area (Å²) < 4.78 is 16.0. The number of rotatable bonds is 3. The van der Waals surface area contributed by atoms with Crippen LogP contribution in [0.25, 0.3) is 0 Å². The lowest BCUT2D eigenvalue weighted by Crippen LogP contribution is -2.63. The topological polar surface area (TPSA) is 214 Å². The number of amides is 2. The number of carbonyl (C=O) groups excluding carboxylic acids is 4. The lowest BCUT2D eigenvalue weighted by molar-refractivity contribution is -0.148. The van der Waals surface area contributed by atoms with E-state index >= 15 is 4.39 Å². The van der Waals surface area contributed by atoms with Gasteiger partial charge in [-0.1, -0.05) is 0 Å². The fraction of sp³-hybridized carbons (Fsp3) is 0.462. The van der Waals surface area contributed by atoms with E-state index in [2.05, 4.69) is 5.32 Å². The van der Waals surface area contributed by atoms with Gasteiger partial charge in [-0.2, -0.15) is 0 Å². The average molecular weight is 561 g/mol. The van der Waals surface area contributed by atoms with E-state index in [0.717, 1.165) is 0 Å². The van der Waals surface area contributed by atoms with E-state index in [1.54, 1.807) is 0 Å². The number of allylic oxidation sites excluding steroid dienone is 1. The van der Waals surface area contributed by atoms with Crippen LogP contribution < -0.4 is 11.1 Å². The Balaban J connectivity index is 1.71. The number of aliphatic hydroxyl groups excluding tert-OH is 3. The number of phenolic OH excluding ortho intramolecular Hbond substituents is 1. The first-order valence-corrected chi connectivity index (χ1v) is 12.5. The van der Waals surface area contributed by atoms with Gasteiger partial charge in [-0.25, -0.2) is 4.39 Å². The zero-order valence-corrected chi connectivity index (χ0v) is 21.9. The van der Waals surface area contributed by atoms with E-state index < -0.39 is 99.3 Å². The molecule has 8 N–H and O–H groups in total. The maximum absolute atomic E-state index is 16.0. The van der Waals surface area contributed by atoms with Gasteiger partial charge in [0.2, 0.25) is 11.7 Å². The van der Waals surface area contributed by atoms with Gasteiger partial charge in [-0.3, -0.25) is 29.0 Å². The van der Waals surface area contributed by atoms with Crippen LogP contribution in [0.1, 0.15) is 27.9 Å². The molecule has 0 saturated carbocycles. The third-order valence-electron chi connectivity index (χ3n) is 8.59. The number of Topliss-reactive ketones (excluding diaryl/α,β-unsaturated/α-hetero) is 2. The summed E-state index contributed by atoms with van der Waals surface area (Å²) in [6, 6.07) is -2.23. The van der Waals surface area contributed by atoms with Crippen LogP contribution in [-0.2, 0) is 27.3 Å². The molecule has 0 bridgehead atoms. The van der Waals surface area contributed by atoms with Crippen molar-refractivity contribution in [2.75, 3.05) is 33.1 Å². The lowest BCUT2D eigenvalue weighted by Gasteiger charge is -2.50. The van der Waals surface area contributed by atoms with Gasteiger partial charge in [-0.15, -0.1) is 0 Å². The van der Waals surface area contributed by atoms with Crippen molar-refractivity contribution >= 4 is 29.1 Å². The van der Waals surface area contributed by atoms with Crippen molar-refractivity contribution in [1.82, 2.24) is 9.80 Å². The third-order valence-corrected chi connectivity index (χ3v) is 8.59. The zero-order valence-electron chi connectivity index (χ0n) is 21.9. The number of primary amides is 1. The van der Waals surface area contributed by atoms with Gasteiger partial charge in [0.05, 0.1) is 23.9 Å². The number of phenols is 1. The summed E-state index contributed by atoms with van der Waals surface area (Å²) >= 11 is 0. The molecule has 5 atom stereocenters. The number of nitrogens with one attached hydrogen (secondary N) is 1. The Hall–Kier alpha value is -3.85. The third kappa shape index (κ3) is 3.46. The molecule has 0 saturated heterocycles. The molecule has 3 aliphatic carbocycles. The summed E-state index contributed by atoms with van der Waals surface area (Å²) in [5, 5.41) is 56.9. The Morgan fingerprint density at radius 2 is 1.85 bits per heavy atom. The lowest BCUT2D eigenvalue weighted by atomic mass is 9.58. The molecule has 0 spiro atoms. The van der Waals surface area contributed by atoms with Gasteiger partial charge >= 0.3 is 0 Å². The summed E-state index contributed by atoms with van der Waals surface area (Å²) in [7, 11) is 4.49. The molecular formula is C26H29FN4O9. The van der Waals surface area contributed by atoms with E-state index in [-0.39, 0.29) is 36.2 Å². The first-order chi connectivity index (χ1) is 18.7. The Labute approximate surface area is 227 Å². The second-order valence-electron chi connectivity index (χ2n) is 10.9. The molecule has 0 radical (unpaired) electrons. The molecule has 1 aromatic carbocycles. The Morgan fingerprint density at radius 1 is 1.20 bits per heavy atom. The van der Waals surface area contributed by atoms with Crippen LogP contribution >= 0.6 is 0 Å². The molecule has 14 heteroatoms. The number of hydrogen-bond donors (Lipinski definition) is 7. The number of fused-ring (bicyclic) bond motifs is 4. The largest absolute Gasteiger partial charge is 0.510 e. The van der Waals surface area contributed by atoms with Crippen molar-refractivity contribution < 1.29 is 49.1 Å². The quantitative estimate of drug-likeness (QED) is 0.176. The van der Waals surface area contributed by atoms with Gasteiger partial charge in [0.1, 0.15) is 29.0 Å². The molecule has 2 amide bonds. The summed E-state index contributed by atoms with van der Waals surface area (Å²) in [4.78, 5) is 54.7. The number of nitrogens with zero attached hydrogens (tertiary/aromatic N) is 2. The predicted octanol–water partition coefficient (Wildman–Crippen LogP) is -0.995. The van der Waals surface area contributed by atoms with Crippen LogP contribution in [0, 0.1) is 17.7 Å². The zero-order chi connectivity index (χ0) is 29.6. The molecule has 0 aromatic heterocycles. The highest BCUT2D eigenvalue weighted by molar-refractivity contribution is 6.25. The van der Waals surface area contributed by atoms with Gasteiger partial charge in [0, 0.05) is 29.2 Å². The summed E-state index contributed by atoms with van der Waals surface area (Å²) in [5.41, 5.74) is -0.0940. The summed E-state index contributed by atoms with van der Waals surface area (Å²) in [5.74, 6) is -10.2. The monoisotopic (exact) mass is 560 g/mol. The maximum atomic E-state index is 16.0. The number of likely N-dealkylation sites (N-methyl/N-ethyl adjacent to an activating group) is 2. The average Bonchev–Trinajstić information content (AvgIpc) is 2.99. The normalized spacial score (nSPS) is 30.4. The van der Waals surface area contributed by atoms with Crippen molar-refractivity contribution in [3.63, 3.8) is 0 Å². The standard InChI is InChI=1S/C26H29FN4O9/c1-30(2)18-11-5-8-4-9-14(20(34)17-10(16(9)27)6-31(3)12(7-32)25(39)29-17)19(33)13(8)22(36)26(11,40)23(37)15(21(18)35)24(28)38/h8,11-12,18,32,34-36,40H,4-7H2,1-3H3,(H2,28,38)(H,29,39)/t8-,11-,12-,18-,26-/m0/s1. The number of nitrogens with two attached hydrogens (primary N) is 1. The highest BCUT2D eigenvalue weighted by Crippen LogP contribution is 2.53. The number of aromatic hydroxyl groups is 1. The molecule has 1 aliphatic heterocycles. The van der Waals surface area contributed by atoms with E-state index in [1.165, 1.54) is 30.9 Å². The Morgan fingerprint density at radius 3 is 2.42 bits per heavy atom. The molecule has 5 rings (SSSR count). The number of halogens is 1. The van der Waals surface area contributed by atoms with Crippen molar-refractivity contribution in [3.05, 3.63) is 45.2 Å². The number of anilines is 1. The molecule has 0 unspecified atom stereocenters. The molecule has 0 fully saturated rings. The predicted molar refractivity (Wildman–Crippen MR) is 135 cm³/mol. The van der Waals surface area contributed by atoms with Gasteiger partial charge in [0.25, 0.3) is 5.91 Å². The number of benzene rings is 1. The van der Waals surface area contributed by atoms with E-state index in [4.69, 9.17) is 5.73 Å². The highest BCUT2D eigenvalue weighted by atomic mass is 19.1. The van der Waals surface area contributed by atoms with Crippen LogP contribution in [-0.4, -0.2) is 104 Å². The SMILES string of the molecule is CN(C)[C@@H]1C(O)=C(C(N)=O)C(=O)[C@@]2(O)C(O)=C3C(=O)c4c(O)c5c(c(F)c4C[C@H]3C[C@@H]12)CN(C)[C@@H](CO)C(=O)N5. The summed E-state index contributed by atoms with van der Waals surface area (Å²) in [6.45, 7) is -0.775.